The van der Waals surface area contributed by atoms with Crippen LogP contribution >= 0.6 is 0 Å². The van der Waals surface area contributed by atoms with Crippen molar-refractivity contribution in [2.45, 2.75) is 37.7 Å². The zero-order chi connectivity index (χ0) is 16.1. The fourth-order valence-electron chi connectivity index (χ4n) is 4.37. The summed E-state index contributed by atoms with van der Waals surface area (Å²) in [6.45, 7) is 2.85. The van der Waals surface area contributed by atoms with E-state index >= 15 is 0 Å². The van der Waals surface area contributed by atoms with E-state index in [2.05, 4.69) is 31.2 Å². The monoisotopic (exact) mass is 326 g/mol. The van der Waals surface area contributed by atoms with E-state index in [1.54, 1.807) is 10.8 Å². The predicted molar refractivity (Wildman–Crippen MR) is 89.8 cm³/mol. The van der Waals surface area contributed by atoms with Crippen LogP contribution in [0.5, 0.6) is 0 Å². The van der Waals surface area contributed by atoms with Crippen molar-refractivity contribution in [3.05, 3.63) is 24.3 Å². The molecule has 1 aliphatic carbocycles. The summed E-state index contributed by atoms with van der Waals surface area (Å²) in [5.41, 5.74) is 3.13. The van der Waals surface area contributed by atoms with Crippen LogP contribution in [0.4, 0.5) is 0 Å². The zero-order valence-electron chi connectivity index (χ0n) is 13.6. The van der Waals surface area contributed by atoms with Gasteiger partial charge in [0.15, 0.2) is 0 Å². The first-order chi connectivity index (χ1) is 11.8. The van der Waals surface area contributed by atoms with Crippen molar-refractivity contribution in [2.75, 3.05) is 19.6 Å². The fourth-order valence-corrected chi connectivity index (χ4v) is 4.37. The average molecular weight is 326 g/mol. The first-order valence-corrected chi connectivity index (χ1v) is 8.85. The molecular weight excluding hydrogens is 304 g/mol. The van der Waals surface area contributed by atoms with Gasteiger partial charge in [0.1, 0.15) is 17.5 Å². The topological polar surface area (TPSA) is 82.3 Å². The molecule has 2 N–H and O–H groups in total. The maximum absolute atomic E-state index is 9.42. The molecule has 7 nitrogen and oxygen atoms in total. The number of likely N-dealkylation sites (tertiary alicyclic amines) is 1. The highest BCUT2D eigenvalue weighted by Crippen LogP contribution is 2.38. The van der Waals surface area contributed by atoms with Crippen LogP contribution in [0.2, 0.25) is 0 Å². The van der Waals surface area contributed by atoms with Crippen molar-refractivity contribution >= 4 is 16.6 Å². The van der Waals surface area contributed by atoms with Gasteiger partial charge in [-0.3, -0.25) is 4.90 Å². The molecule has 4 heterocycles. The maximum Gasteiger partial charge on any atom is 0.141 e. The molecule has 0 bridgehead atoms. The summed E-state index contributed by atoms with van der Waals surface area (Å²) >= 11 is 0. The van der Waals surface area contributed by atoms with Gasteiger partial charge in [0.05, 0.1) is 11.8 Å². The first kappa shape index (κ1) is 14.4. The van der Waals surface area contributed by atoms with Crippen molar-refractivity contribution in [3.63, 3.8) is 0 Å². The second kappa shape index (κ2) is 5.53. The number of hydrogen-bond acceptors (Lipinski definition) is 5. The Kier molecular flexibility index (Phi) is 3.31. The number of H-pyrrole nitrogens is 1. The van der Waals surface area contributed by atoms with E-state index in [9.17, 15) is 5.11 Å². The number of fused-ring (bicyclic) bond motifs is 3. The molecule has 0 radical (unpaired) electrons. The summed E-state index contributed by atoms with van der Waals surface area (Å²) in [6.07, 6.45) is 8.38. The van der Waals surface area contributed by atoms with Crippen LogP contribution in [0.25, 0.3) is 16.6 Å². The molecule has 1 saturated heterocycles. The van der Waals surface area contributed by atoms with E-state index in [-0.39, 0.29) is 6.10 Å². The van der Waals surface area contributed by atoms with Gasteiger partial charge in [0.25, 0.3) is 0 Å². The molecule has 0 spiro atoms. The van der Waals surface area contributed by atoms with Gasteiger partial charge >= 0.3 is 0 Å². The van der Waals surface area contributed by atoms with Crippen LogP contribution in [-0.2, 0) is 0 Å². The van der Waals surface area contributed by atoms with Crippen LogP contribution in [0.15, 0.2) is 18.6 Å². The minimum Gasteiger partial charge on any atom is -0.390 e. The summed E-state index contributed by atoms with van der Waals surface area (Å²) in [5, 5.41) is 19.3. The molecule has 0 unspecified atom stereocenters. The molecule has 24 heavy (non-hydrogen) atoms. The number of nitrogens with one attached hydrogen (secondary N) is 1. The highest BCUT2D eigenvalue weighted by molar-refractivity contribution is 5.92. The lowest BCUT2D eigenvalue weighted by molar-refractivity contribution is -0.00993. The normalized spacial score (nSPS) is 26.2. The Bertz CT molecular complexity index is 856. The number of β-amino-alcohol motifs (C(OH)–C–C–N with tert-alkyl or cyclic N) is 1. The molecule has 2 fully saturated rings. The van der Waals surface area contributed by atoms with Crippen LogP contribution in [0.1, 0.15) is 37.3 Å². The average Bonchev–Trinajstić information content (AvgIpc) is 3.20. The summed E-state index contributed by atoms with van der Waals surface area (Å²) in [7, 11) is 0. The molecular formula is C17H22N6O. The molecule has 3 aromatic heterocycles. The van der Waals surface area contributed by atoms with Gasteiger partial charge in [-0.2, -0.15) is 0 Å². The Balaban J connectivity index is 1.34. The van der Waals surface area contributed by atoms with Crippen molar-refractivity contribution in [2.24, 2.45) is 5.92 Å². The predicted octanol–water partition coefficient (Wildman–Crippen LogP) is 1.56. The lowest BCUT2D eigenvalue weighted by Crippen LogP contribution is -2.52. The first-order valence-electron chi connectivity index (χ1n) is 8.85. The highest BCUT2D eigenvalue weighted by atomic mass is 16.3. The number of aromatic amines is 1. The Morgan fingerprint density at radius 2 is 2.04 bits per heavy atom. The number of aromatic nitrogens is 5. The summed E-state index contributed by atoms with van der Waals surface area (Å²) < 4.78 is 1.80. The molecule has 1 saturated carbocycles. The van der Waals surface area contributed by atoms with E-state index < -0.39 is 0 Å². The van der Waals surface area contributed by atoms with Gasteiger partial charge in [0, 0.05) is 37.1 Å². The smallest absolute Gasteiger partial charge is 0.141 e. The number of hydrogen-bond donors (Lipinski definition) is 2. The summed E-state index contributed by atoms with van der Waals surface area (Å²) in [5.74, 6) is 1.24. The van der Waals surface area contributed by atoms with Gasteiger partial charge < -0.3 is 10.1 Å². The molecule has 126 valence electrons. The number of aliphatic hydroxyl groups is 1. The largest absolute Gasteiger partial charge is 0.390 e. The van der Waals surface area contributed by atoms with E-state index in [4.69, 9.17) is 0 Å². The zero-order valence-corrected chi connectivity index (χ0v) is 13.6. The van der Waals surface area contributed by atoms with Crippen LogP contribution in [0, 0.1) is 5.92 Å². The van der Waals surface area contributed by atoms with Crippen molar-refractivity contribution in [1.29, 1.82) is 0 Å². The van der Waals surface area contributed by atoms with E-state index in [0.29, 0.717) is 5.92 Å². The van der Waals surface area contributed by atoms with E-state index in [1.165, 1.54) is 25.7 Å². The van der Waals surface area contributed by atoms with Gasteiger partial charge in [-0.05, 0) is 37.7 Å². The molecule has 0 atom stereocenters. The Morgan fingerprint density at radius 3 is 2.83 bits per heavy atom. The van der Waals surface area contributed by atoms with Gasteiger partial charge in [-0.25, -0.2) is 9.50 Å². The van der Waals surface area contributed by atoms with Crippen molar-refractivity contribution in [1.82, 2.24) is 29.7 Å². The number of nitrogens with zero attached hydrogens (tertiary/aromatic N) is 5. The molecule has 0 amide bonds. The van der Waals surface area contributed by atoms with Crippen molar-refractivity contribution < 1.29 is 5.11 Å². The Hall–Kier alpha value is -1.99. The lowest BCUT2D eigenvalue weighted by Gasteiger charge is -2.39. The second-order valence-electron chi connectivity index (χ2n) is 7.34. The van der Waals surface area contributed by atoms with Crippen LogP contribution < -0.4 is 0 Å². The van der Waals surface area contributed by atoms with Gasteiger partial charge in [-0.15, -0.1) is 5.10 Å². The standard InChI is InChI=1S/C17H22N6O/c24-13-8-22(9-13)7-11-1-3-12(4-2-11)15-16-14-5-6-18-17(14)19-10-23(16)21-20-15/h5-6,10-13,18,24H,1-4,7-9H2. The molecule has 3 aromatic rings. The summed E-state index contributed by atoms with van der Waals surface area (Å²) in [6, 6.07) is 2.06. The van der Waals surface area contributed by atoms with E-state index in [1.807, 2.05) is 6.20 Å². The third-order valence-electron chi connectivity index (χ3n) is 5.68. The van der Waals surface area contributed by atoms with Gasteiger partial charge in [0.2, 0.25) is 0 Å². The second-order valence-corrected chi connectivity index (χ2v) is 7.34. The Labute approximate surface area is 139 Å². The number of rotatable bonds is 3. The molecule has 0 aromatic carbocycles. The SMILES string of the molecule is OC1CN(CC2CCC(c3nnn4cnc5[nH]ccc5c34)CC2)C1. The highest BCUT2D eigenvalue weighted by Gasteiger charge is 2.31. The van der Waals surface area contributed by atoms with Crippen LogP contribution in [0.3, 0.4) is 0 Å². The maximum atomic E-state index is 9.42. The van der Waals surface area contributed by atoms with E-state index in [0.717, 1.165) is 47.8 Å². The lowest BCUT2D eigenvalue weighted by atomic mass is 9.79. The molecule has 2 aliphatic rings. The third kappa shape index (κ3) is 2.31. The summed E-state index contributed by atoms with van der Waals surface area (Å²) in [4.78, 5) is 9.92. The quantitative estimate of drug-likeness (QED) is 0.763. The van der Waals surface area contributed by atoms with Crippen LogP contribution in [-0.4, -0.2) is 60.5 Å². The van der Waals surface area contributed by atoms with Crippen molar-refractivity contribution in [3.8, 4) is 0 Å². The molecule has 7 heteroatoms. The minimum atomic E-state index is -0.0957. The molecule has 5 rings (SSSR count). The third-order valence-corrected chi connectivity index (χ3v) is 5.68. The molecule has 1 aliphatic heterocycles. The number of aliphatic hydroxyl groups excluding tert-OH is 1. The van der Waals surface area contributed by atoms with Gasteiger partial charge in [-0.1, -0.05) is 5.21 Å². The fraction of sp³-hybridized carbons (Fsp3) is 0.588. The minimum absolute atomic E-state index is 0.0957. The Morgan fingerprint density at radius 1 is 1.21 bits per heavy atom.